The Hall–Kier alpha value is -1.56. The molecule has 6 heteroatoms. The first-order valence-corrected chi connectivity index (χ1v) is 10.6. The summed E-state index contributed by atoms with van der Waals surface area (Å²) in [6, 6.07) is 8.29. The van der Waals surface area contributed by atoms with Gasteiger partial charge in [-0.05, 0) is 32.3 Å². The molecule has 1 aromatic carbocycles. The monoisotopic (exact) mass is 365 g/mol. The Kier molecular flexibility index (Phi) is 8.25. The minimum atomic E-state index is -0.707. The second-order valence-corrected chi connectivity index (χ2v) is 8.31. The van der Waals surface area contributed by atoms with Crippen molar-refractivity contribution in [2.75, 3.05) is 19.4 Å². The number of guanidine groups is 1. The van der Waals surface area contributed by atoms with Crippen LogP contribution in [0, 0.1) is 0 Å². The predicted molar refractivity (Wildman–Crippen MR) is 106 cm³/mol. The smallest absolute Gasteiger partial charge is 0.191 e. The van der Waals surface area contributed by atoms with Crippen LogP contribution in [0.1, 0.15) is 45.1 Å². The molecule has 3 atom stereocenters. The summed E-state index contributed by atoms with van der Waals surface area (Å²) < 4.78 is 17.5. The Labute approximate surface area is 154 Å². The minimum Gasteiger partial charge on any atom is -0.496 e. The molecule has 2 N–H and O–H groups in total. The Bertz CT molecular complexity index is 592. The van der Waals surface area contributed by atoms with Gasteiger partial charge in [0.1, 0.15) is 5.75 Å². The number of hydrogen-bond acceptors (Lipinski definition) is 3. The van der Waals surface area contributed by atoms with Crippen molar-refractivity contribution in [3.63, 3.8) is 0 Å². The summed E-state index contributed by atoms with van der Waals surface area (Å²) >= 11 is 0. The van der Waals surface area contributed by atoms with Crippen molar-refractivity contribution in [1.29, 1.82) is 0 Å². The maximum absolute atomic E-state index is 12.1. The van der Waals surface area contributed by atoms with Crippen LogP contribution in [-0.4, -0.2) is 40.9 Å². The fraction of sp³-hybridized carbons (Fsp3) is 0.632. The van der Waals surface area contributed by atoms with E-state index in [9.17, 15) is 4.21 Å². The van der Waals surface area contributed by atoms with Gasteiger partial charge in [0, 0.05) is 40.0 Å². The summed E-state index contributed by atoms with van der Waals surface area (Å²) in [6.07, 6.45) is 4.27. The van der Waals surface area contributed by atoms with Crippen molar-refractivity contribution >= 4 is 16.8 Å². The zero-order valence-electron chi connectivity index (χ0n) is 15.6. The lowest BCUT2D eigenvalue weighted by molar-refractivity contribution is 0.409. The molecule has 0 radical (unpaired) electrons. The molecule has 0 amide bonds. The Morgan fingerprint density at radius 2 is 2.12 bits per heavy atom. The van der Waals surface area contributed by atoms with E-state index >= 15 is 0 Å². The number of methoxy groups -OCH3 is 1. The fourth-order valence-electron chi connectivity index (χ4n) is 3.26. The summed E-state index contributed by atoms with van der Waals surface area (Å²) in [6.45, 7) is 5.45. The summed E-state index contributed by atoms with van der Waals surface area (Å²) in [4.78, 5) is 4.72. The summed E-state index contributed by atoms with van der Waals surface area (Å²) in [5.74, 6) is 2.43. The van der Waals surface area contributed by atoms with Crippen LogP contribution in [0.4, 0.5) is 0 Å². The summed E-state index contributed by atoms with van der Waals surface area (Å²) in [5.41, 5.74) is 1.07. The number of benzene rings is 1. The van der Waals surface area contributed by atoms with Crippen molar-refractivity contribution in [2.45, 2.75) is 57.4 Å². The number of nitrogens with zero attached hydrogens (tertiary/aromatic N) is 1. The quantitative estimate of drug-likeness (QED) is 0.576. The highest BCUT2D eigenvalue weighted by Crippen LogP contribution is 2.23. The number of hydrogen-bond donors (Lipinski definition) is 2. The fourth-order valence-corrected chi connectivity index (χ4v) is 4.61. The van der Waals surface area contributed by atoms with Crippen molar-refractivity contribution in [1.82, 2.24) is 10.6 Å². The normalized spacial score (nSPS) is 22.3. The highest BCUT2D eigenvalue weighted by atomic mass is 32.2. The van der Waals surface area contributed by atoms with Gasteiger partial charge in [0.05, 0.1) is 13.7 Å². The number of ether oxygens (including phenoxy) is 1. The molecule has 0 spiro atoms. The van der Waals surface area contributed by atoms with Crippen LogP contribution in [0.15, 0.2) is 29.3 Å². The lowest BCUT2D eigenvalue weighted by Gasteiger charge is -2.30. The van der Waals surface area contributed by atoms with E-state index in [1.54, 1.807) is 7.11 Å². The van der Waals surface area contributed by atoms with Gasteiger partial charge in [-0.15, -0.1) is 0 Å². The van der Waals surface area contributed by atoms with Crippen molar-refractivity contribution in [3.05, 3.63) is 29.8 Å². The lowest BCUT2D eigenvalue weighted by Crippen LogP contribution is -2.46. The third-order valence-corrected chi connectivity index (χ3v) is 6.31. The number of aliphatic imine (C=N–C) groups is 1. The molecule has 1 aromatic rings. The molecule has 1 aliphatic carbocycles. The Morgan fingerprint density at radius 3 is 2.84 bits per heavy atom. The second-order valence-electron chi connectivity index (χ2n) is 6.31. The third kappa shape index (κ3) is 6.03. The average molecular weight is 366 g/mol. The molecule has 2 rings (SSSR count). The highest BCUT2D eigenvalue weighted by Gasteiger charge is 2.26. The van der Waals surface area contributed by atoms with Gasteiger partial charge in [-0.2, -0.15) is 0 Å². The molecule has 0 aliphatic heterocycles. The second kappa shape index (κ2) is 10.4. The van der Waals surface area contributed by atoms with Crippen molar-refractivity contribution in [3.8, 4) is 5.75 Å². The van der Waals surface area contributed by atoms with E-state index < -0.39 is 10.8 Å². The highest BCUT2D eigenvalue weighted by molar-refractivity contribution is 7.85. The Balaban J connectivity index is 2.01. The summed E-state index contributed by atoms with van der Waals surface area (Å²) in [5, 5.41) is 7.17. The molecule has 5 nitrogen and oxygen atoms in total. The van der Waals surface area contributed by atoms with Crippen LogP contribution in [0.3, 0.4) is 0 Å². The molecular formula is C19H31N3O2S. The van der Waals surface area contributed by atoms with E-state index in [1.165, 1.54) is 0 Å². The molecule has 3 unspecified atom stereocenters. The molecule has 1 aliphatic rings. The van der Waals surface area contributed by atoms with Gasteiger partial charge in [0.2, 0.25) is 0 Å². The largest absolute Gasteiger partial charge is 0.496 e. The summed E-state index contributed by atoms with van der Waals surface area (Å²) in [7, 11) is 0.975. The zero-order chi connectivity index (χ0) is 18.1. The van der Waals surface area contributed by atoms with Crippen LogP contribution in [0.5, 0.6) is 5.75 Å². The van der Waals surface area contributed by atoms with Gasteiger partial charge in [0.25, 0.3) is 0 Å². The topological polar surface area (TPSA) is 62.7 Å². The van der Waals surface area contributed by atoms with Gasteiger partial charge < -0.3 is 15.4 Å². The van der Waals surface area contributed by atoms with Crippen molar-refractivity contribution in [2.24, 2.45) is 4.99 Å². The molecular weight excluding hydrogens is 334 g/mol. The van der Waals surface area contributed by atoms with Crippen LogP contribution in [-0.2, 0) is 17.3 Å². The maximum atomic E-state index is 12.1. The van der Waals surface area contributed by atoms with Gasteiger partial charge in [-0.1, -0.05) is 31.5 Å². The number of para-hydroxylation sites is 1. The molecule has 0 saturated heterocycles. The molecule has 1 saturated carbocycles. The van der Waals surface area contributed by atoms with Gasteiger partial charge in [-0.25, -0.2) is 4.99 Å². The van der Waals surface area contributed by atoms with E-state index in [1.807, 2.05) is 31.2 Å². The van der Waals surface area contributed by atoms with Gasteiger partial charge in [-0.3, -0.25) is 4.21 Å². The van der Waals surface area contributed by atoms with E-state index in [-0.39, 0.29) is 0 Å². The maximum Gasteiger partial charge on any atom is 0.191 e. The Morgan fingerprint density at radius 1 is 1.32 bits per heavy atom. The van der Waals surface area contributed by atoms with Crippen molar-refractivity contribution < 1.29 is 8.95 Å². The molecule has 0 aromatic heterocycles. The van der Waals surface area contributed by atoms with Gasteiger partial charge >= 0.3 is 0 Å². The first-order chi connectivity index (χ1) is 12.2. The van der Waals surface area contributed by atoms with E-state index in [0.29, 0.717) is 17.8 Å². The average Bonchev–Trinajstić information content (AvgIpc) is 2.66. The standard InChI is InChI=1S/C19H31N3O2S/c1-4-20-19(21-14-15-9-6-7-12-18(15)24-3)22-16-10-8-11-17(13-16)25(23)5-2/h6-7,9,12,16-17H,4-5,8,10-11,13-14H2,1-3H3,(H2,20,21,22). The van der Waals surface area contributed by atoms with E-state index in [2.05, 4.69) is 17.6 Å². The lowest BCUT2D eigenvalue weighted by atomic mass is 9.95. The predicted octanol–water partition coefficient (Wildman–Crippen LogP) is 2.83. The number of nitrogens with one attached hydrogen (secondary N) is 2. The SMILES string of the molecule is CCNC(=NCc1ccccc1OC)NC1CCCC(S(=O)CC)C1. The van der Waals surface area contributed by atoms with Crippen LogP contribution < -0.4 is 15.4 Å². The molecule has 1 fully saturated rings. The molecule has 0 heterocycles. The third-order valence-electron chi connectivity index (χ3n) is 4.57. The van der Waals surface area contributed by atoms with Crippen LogP contribution in [0.25, 0.3) is 0 Å². The van der Waals surface area contributed by atoms with Crippen LogP contribution in [0.2, 0.25) is 0 Å². The first-order valence-electron chi connectivity index (χ1n) is 9.21. The van der Waals surface area contributed by atoms with Crippen LogP contribution >= 0.6 is 0 Å². The number of rotatable bonds is 7. The zero-order valence-corrected chi connectivity index (χ0v) is 16.4. The molecule has 0 bridgehead atoms. The van der Waals surface area contributed by atoms with Gasteiger partial charge in [0.15, 0.2) is 5.96 Å². The van der Waals surface area contributed by atoms with E-state index in [0.717, 1.165) is 55.3 Å². The first kappa shape index (κ1) is 19.8. The molecule has 140 valence electrons. The molecule has 25 heavy (non-hydrogen) atoms. The van der Waals surface area contributed by atoms with E-state index in [4.69, 9.17) is 9.73 Å². The minimum absolute atomic E-state index is 0.313.